The van der Waals surface area contributed by atoms with E-state index in [9.17, 15) is 9.59 Å². The number of hydrogen-bond donors (Lipinski definition) is 2. The van der Waals surface area contributed by atoms with Crippen LogP contribution < -0.4 is 10.9 Å². The van der Waals surface area contributed by atoms with Crippen molar-refractivity contribution in [2.24, 2.45) is 7.05 Å². The van der Waals surface area contributed by atoms with Gasteiger partial charge in [-0.3, -0.25) is 9.59 Å². The van der Waals surface area contributed by atoms with Crippen molar-refractivity contribution in [3.63, 3.8) is 0 Å². The lowest BCUT2D eigenvalue weighted by molar-refractivity contribution is -0.115. The van der Waals surface area contributed by atoms with E-state index in [1.807, 2.05) is 61.1 Å². The molecule has 0 unspecified atom stereocenters. The maximum atomic E-state index is 12.5. The first-order valence-corrected chi connectivity index (χ1v) is 8.48. The Balaban J connectivity index is 1.60. The number of anilines is 1. The Morgan fingerprint density at radius 3 is 2.77 bits per heavy atom. The number of hydrogen-bond acceptors (Lipinski definition) is 2. The first kappa shape index (κ1) is 16.1. The topological polar surface area (TPSA) is 66.9 Å². The molecule has 2 aromatic carbocycles. The molecule has 2 heterocycles. The van der Waals surface area contributed by atoms with Crippen LogP contribution in [0.2, 0.25) is 0 Å². The fourth-order valence-corrected chi connectivity index (χ4v) is 3.46. The monoisotopic (exact) mass is 345 g/mol. The highest BCUT2D eigenvalue weighted by molar-refractivity contribution is 5.97. The molecular weight excluding hydrogens is 326 g/mol. The van der Waals surface area contributed by atoms with Gasteiger partial charge in [-0.15, -0.1) is 0 Å². The molecule has 0 bridgehead atoms. The van der Waals surface area contributed by atoms with Crippen LogP contribution in [0.1, 0.15) is 11.1 Å². The van der Waals surface area contributed by atoms with Crippen LogP contribution in [0, 0.1) is 6.92 Å². The minimum Gasteiger partial charge on any atom is -0.350 e. The quantitative estimate of drug-likeness (QED) is 0.597. The summed E-state index contributed by atoms with van der Waals surface area (Å²) in [6, 6.07) is 15.2. The van der Waals surface area contributed by atoms with Gasteiger partial charge in [0.05, 0.1) is 11.9 Å². The van der Waals surface area contributed by atoms with E-state index in [2.05, 4.69) is 10.3 Å². The summed E-state index contributed by atoms with van der Waals surface area (Å²) in [5.41, 5.74) is 4.26. The molecule has 5 nitrogen and oxygen atoms in total. The number of carbonyl (C=O) groups excluding carboxylic acids is 1. The molecule has 0 spiro atoms. The van der Waals surface area contributed by atoms with Gasteiger partial charge in [-0.1, -0.05) is 24.3 Å². The van der Waals surface area contributed by atoms with E-state index >= 15 is 0 Å². The summed E-state index contributed by atoms with van der Waals surface area (Å²) in [6.07, 6.45) is 2.29. The highest BCUT2D eigenvalue weighted by Crippen LogP contribution is 2.22. The predicted octanol–water partition coefficient (Wildman–Crippen LogP) is 3.51. The molecule has 0 radical (unpaired) electrons. The van der Waals surface area contributed by atoms with Crippen molar-refractivity contribution in [3.8, 4) is 0 Å². The third-order valence-corrected chi connectivity index (χ3v) is 4.66. The normalized spacial score (nSPS) is 11.2. The number of nitrogens with zero attached hydrogens (tertiary/aromatic N) is 1. The predicted molar refractivity (Wildman–Crippen MR) is 105 cm³/mol. The zero-order chi connectivity index (χ0) is 18.3. The average molecular weight is 345 g/mol. The van der Waals surface area contributed by atoms with Crippen LogP contribution in [0.5, 0.6) is 0 Å². The summed E-state index contributed by atoms with van der Waals surface area (Å²) in [5.74, 6) is -0.0873. The first-order chi connectivity index (χ1) is 12.5. The largest absolute Gasteiger partial charge is 0.350 e. The number of aryl methyl sites for hydroxylation is 2. The molecule has 5 heteroatoms. The standard InChI is InChI=1S/C21H19N3O2/c1-13-9-20(25)23-18-11-15(7-8-16(13)18)22-21(26)10-14-12-24(2)19-6-4-3-5-17(14)19/h3-9,11-12H,10H2,1-2H3,(H,22,26)(H,23,25). The number of amides is 1. The maximum absolute atomic E-state index is 12.5. The molecule has 0 saturated heterocycles. The molecule has 4 aromatic rings. The minimum absolute atomic E-state index is 0.0873. The van der Waals surface area contributed by atoms with Crippen LogP contribution in [0.25, 0.3) is 21.8 Å². The summed E-state index contributed by atoms with van der Waals surface area (Å²) in [4.78, 5) is 27.0. The van der Waals surface area contributed by atoms with Gasteiger partial charge in [0.25, 0.3) is 0 Å². The van der Waals surface area contributed by atoms with Gasteiger partial charge in [0.1, 0.15) is 0 Å². The van der Waals surface area contributed by atoms with Crippen LogP contribution >= 0.6 is 0 Å². The summed E-state index contributed by atoms with van der Waals surface area (Å²) in [6.45, 7) is 1.90. The van der Waals surface area contributed by atoms with E-state index in [1.165, 1.54) is 0 Å². The molecule has 0 atom stereocenters. The number of carbonyl (C=O) groups is 1. The van der Waals surface area contributed by atoms with Crippen LogP contribution in [0.4, 0.5) is 5.69 Å². The lowest BCUT2D eigenvalue weighted by Crippen LogP contribution is -2.14. The maximum Gasteiger partial charge on any atom is 0.248 e. The molecule has 0 fully saturated rings. The SMILES string of the molecule is Cc1cc(=O)[nH]c2cc(NC(=O)Cc3cn(C)c4ccccc34)ccc12. The Kier molecular flexibility index (Phi) is 3.84. The molecule has 130 valence electrons. The average Bonchev–Trinajstić information content (AvgIpc) is 2.90. The molecular formula is C21H19N3O2. The molecule has 2 aromatic heterocycles. The highest BCUT2D eigenvalue weighted by Gasteiger charge is 2.11. The van der Waals surface area contributed by atoms with Crippen LogP contribution in [-0.2, 0) is 18.3 Å². The molecule has 4 rings (SSSR count). The number of para-hydroxylation sites is 1. The van der Waals surface area contributed by atoms with Crippen LogP contribution in [-0.4, -0.2) is 15.5 Å². The van der Waals surface area contributed by atoms with Gasteiger partial charge in [0.2, 0.25) is 11.5 Å². The van der Waals surface area contributed by atoms with Crippen molar-refractivity contribution in [3.05, 3.63) is 76.2 Å². The van der Waals surface area contributed by atoms with Crippen molar-refractivity contribution >= 4 is 33.4 Å². The van der Waals surface area contributed by atoms with Crippen LogP contribution in [0.3, 0.4) is 0 Å². The molecule has 26 heavy (non-hydrogen) atoms. The summed E-state index contributed by atoms with van der Waals surface area (Å²) in [5, 5.41) is 4.98. The van der Waals surface area contributed by atoms with Gasteiger partial charge in [0, 0.05) is 41.3 Å². The van der Waals surface area contributed by atoms with Gasteiger partial charge < -0.3 is 14.9 Å². The van der Waals surface area contributed by atoms with E-state index in [1.54, 1.807) is 12.1 Å². The molecule has 2 N–H and O–H groups in total. The van der Waals surface area contributed by atoms with E-state index in [0.29, 0.717) is 12.1 Å². The van der Waals surface area contributed by atoms with Crippen molar-refractivity contribution in [1.82, 2.24) is 9.55 Å². The zero-order valence-electron chi connectivity index (χ0n) is 14.7. The van der Waals surface area contributed by atoms with Crippen LogP contribution in [0.15, 0.2) is 59.5 Å². The number of benzene rings is 2. The van der Waals surface area contributed by atoms with Crippen molar-refractivity contribution < 1.29 is 4.79 Å². The number of aromatic amines is 1. The summed E-state index contributed by atoms with van der Waals surface area (Å²) < 4.78 is 2.03. The smallest absolute Gasteiger partial charge is 0.248 e. The minimum atomic E-state index is -0.144. The Hall–Kier alpha value is -3.34. The van der Waals surface area contributed by atoms with Gasteiger partial charge >= 0.3 is 0 Å². The third-order valence-electron chi connectivity index (χ3n) is 4.66. The number of rotatable bonds is 3. The number of nitrogens with one attached hydrogen (secondary N) is 2. The van der Waals surface area contributed by atoms with E-state index in [-0.39, 0.29) is 11.5 Å². The number of aromatic nitrogens is 2. The number of pyridine rings is 1. The molecule has 0 aliphatic rings. The Bertz CT molecular complexity index is 1200. The van der Waals surface area contributed by atoms with Gasteiger partial charge in [-0.05, 0) is 36.2 Å². The van der Waals surface area contributed by atoms with Crippen molar-refractivity contribution in [1.29, 1.82) is 0 Å². The second kappa shape index (κ2) is 6.19. The number of H-pyrrole nitrogens is 1. The summed E-state index contributed by atoms with van der Waals surface area (Å²) in [7, 11) is 1.98. The molecule has 1 amide bonds. The second-order valence-electron chi connectivity index (χ2n) is 6.58. The molecule has 0 aliphatic carbocycles. The van der Waals surface area contributed by atoms with Crippen molar-refractivity contribution in [2.45, 2.75) is 13.3 Å². The highest BCUT2D eigenvalue weighted by atomic mass is 16.1. The number of fused-ring (bicyclic) bond motifs is 2. The lowest BCUT2D eigenvalue weighted by atomic mass is 10.1. The van der Waals surface area contributed by atoms with Gasteiger partial charge in [0.15, 0.2) is 0 Å². The van der Waals surface area contributed by atoms with Gasteiger partial charge in [-0.25, -0.2) is 0 Å². The van der Waals surface area contributed by atoms with E-state index in [0.717, 1.165) is 32.9 Å². The Morgan fingerprint density at radius 2 is 1.92 bits per heavy atom. The van der Waals surface area contributed by atoms with Gasteiger partial charge in [-0.2, -0.15) is 0 Å². The Labute approximate surface area is 150 Å². The van der Waals surface area contributed by atoms with E-state index < -0.39 is 0 Å². The Morgan fingerprint density at radius 1 is 1.12 bits per heavy atom. The fraction of sp³-hybridized carbons (Fsp3) is 0.143. The second-order valence-corrected chi connectivity index (χ2v) is 6.58. The zero-order valence-corrected chi connectivity index (χ0v) is 14.7. The van der Waals surface area contributed by atoms with E-state index in [4.69, 9.17) is 0 Å². The fourth-order valence-electron chi connectivity index (χ4n) is 3.46. The molecule has 0 aliphatic heterocycles. The summed E-state index contributed by atoms with van der Waals surface area (Å²) >= 11 is 0. The van der Waals surface area contributed by atoms with Crippen molar-refractivity contribution in [2.75, 3.05) is 5.32 Å². The first-order valence-electron chi connectivity index (χ1n) is 8.48. The lowest BCUT2D eigenvalue weighted by Gasteiger charge is -2.07. The molecule has 0 saturated carbocycles. The third kappa shape index (κ3) is 2.88.